The number of aromatic carboxylic acids is 1. The summed E-state index contributed by atoms with van der Waals surface area (Å²) in [6.45, 7) is 1.27. The lowest BCUT2D eigenvalue weighted by atomic mass is 9.76. The van der Waals surface area contributed by atoms with Gasteiger partial charge in [-0.1, -0.05) is 30.3 Å². The zero-order chi connectivity index (χ0) is 21.2. The number of carboxylic acids is 1. The van der Waals surface area contributed by atoms with Gasteiger partial charge in [-0.05, 0) is 41.0 Å². The van der Waals surface area contributed by atoms with Gasteiger partial charge in [0.15, 0.2) is 0 Å². The number of carbonyl (C=O) groups excluding carboxylic acids is 1. The molecule has 1 spiro atoms. The average Bonchev–Trinajstić information content (AvgIpc) is 3.45. The van der Waals surface area contributed by atoms with Crippen molar-refractivity contribution in [3.8, 4) is 11.5 Å². The normalized spacial score (nSPS) is 20.3. The molecule has 6 heteroatoms. The van der Waals surface area contributed by atoms with Crippen molar-refractivity contribution in [3.63, 3.8) is 0 Å². The van der Waals surface area contributed by atoms with E-state index in [1.807, 2.05) is 30.3 Å². The number of benzene rings is 3. The molecule has 1 atom stereocenters. The summed E-state index contributed by atoms with van der Waals surface area (Å²) in [7, 11) is 0. The van der Waals surface area contributed by atoms with Crippen molar-refractivity contribution >= 4 is 17.6 Å². The number of nitrogens with zero attached hydrogens (tertiary/aromatic N) is 1. The minimum Gasteiger partial charge on any atom is -0.493 e. The summed E-state index contributed by atoms with van der Waals surface area (Å²) in [5.41, 5.74) is 4.04. The minimum atomic E-state index is -0.968. The highest BCUT2D eigenvalue weighted by Crippen LogP contribution is 2.54. The van der Waals surface area contributed by atoms with Crippen LogP contribution in [0, 0.1) is 0 Å². The Kier molecular flexibility index (Phi) is 3.69. The van der Waals surface area contributed by atoms with Crippen LogP contribution in [0.25, 0.3) is 0 Å². The van der Waals surface area contributed by atoms with Crippen LogP contribution in [-0.4, -0.2) is 30.2 Å². The van der Waals surface area contributed by atoms with Gasteiger partial charge >= 0.3 is 5.97 Å². The fourth-order valence-electron chi connectivity index (χ4n) is 4.94. The Bertz CT molecular complexity index is 1250. The van der Waals surface area contributed by atoms with Crippen LogP contribution in [0.4, 0.5) is 5.69 Å². The summed E-state index contributed by atoms with van der Waals surface area (Å²) in [4.78, 5) is 26.9. The predicted octanol–water partition coefficient (Wildman–Crippen LogP) is 3.55. The lowest BCUT2D eigenvalue weighted by Crippen LogP contribution is -2.42. The summed E-state index contributed by atoms with van der Waals surface area (Å²) in [6, 6.07) is 18.5. The third kappa shape index (κ3) is 2.45. The molecule has 154 valence electrons. The number of carbonyl (C=O) groups is 2. The van der Waals surface area contributed by atoms with Gasteiger partial charge in [0.25, 0.3) is 0 Å². The fourth-order valence-corrected chi connectivity index (χ4v) is 4.94. The maximum atomic E-state index is 13.9. The SMILES string of the molecule is O=C(O)c1ccc(CN2C(=O)C3(COc4cc5c(cc43)CCO5)c3ccccc32)cc1. The molecule has 3 aromatic rings. The van der Waals surface area contributed by atoms with Crippen molar-refractivity contribution in [3.05, 3.63) is 88.5 Å². The van der Waals surface area contributed by atoms with Gasteiger partial charge in [0, 0.05) is 23.7 Å². The van der Waals surface area contributed by atoms with Crippen LogP contribution in [0.1, 0.15) is 32.6 Å². The van der Waals surface area contributed by atoms with E-state index in [2.05, 4.69) is 6.07 Å². The van der Waals surface area contributed by atoms with Crippen LogP contribution in [0.5, 0.6) is 11.5 Å². The van der Waals surface area contributed by atoms with Crippen LogP contribution in [-0.2, 0) is 23.2 Å². The standard InChI is InChI=1S/C25H19NO5/c27-23(28)16-7-5-15(6-8-16)13-26-20-4-2-1-3-18(20)25(24(26)29)14-31-22-12-21-17(9-10-30-21)11-19(22)25/h1-8,11-12H,9-10,13-14H2,(H,27,28). The second kappa shape index (κ2) is 6.35. The first-order valence-electron chi connectivity index (χ1n) is 10.2. The first-order chi connectivity index (χ1) is 15.1. The number of amides is 1. The lowest BCUT2D eigenvalue weighted by molar-refractivity contribution is -0.122. The average molecular weight is 413 g/mol. The monoisotopic (exact) mass is 413 g/mol. The van der Waals surface area contributed by atoms with E-state index in [-0.39, 0.29) is 18.1 Å². The second-order valence-electron chi connectivity index (χ2n) is 8.16. The number of hydrogen-bond acceptors (Lipinski definition) is 4. The molecule has 3 aliphatic heterocycles. The first-order valence-corrected chi connectivity index (χ1v) is 10.2. The molecule has 0 fully saturated rings. The summed E-state index contributed by atoms with van der Waals surface area (Å²) in [5, 5.41) is 9.14. The maximum Gasteiger partial charge on any atom is 0.335 e. The number of ether oxygens (including phenoxy) is 2. The van der Waals surface area contributed by atoms with Gasteiger partial charge in [-0.3, -0.25) is 4.79 Å². The Hall–Kier alpha value is -3.80. The van der Waals surface area contributed by atoms with Crippen LogP contribution < -0.4 is 14.4 Å². The second-order valence-corrected chi connectivity index (χ2v) is 8.16. The molecule has 31 heavy (non-hydrogen) atoms. The Morgan fingerprint density at radius 2 is 1.81 bits per heavy atom. The molecule has 6 rings (SSSR count). The summed E-state index contributed by atoms with van der Waals surface area (Å²) in [5.74, 6) is 0.555. The van der Waals surface area contributed by atoms with E-state index in [4.69, 9.17) is 14.6 Å². The molecule has 6 nitrogen and oxygen atoms in total. The Morgan fingerprint density at radius 3 is 2.61 bits per heavy atom. The van der Waals surface area contributed by atoms with E-state index < -0.39 is 11.4 Å². The molecule has 1 unspecified atom stereocenters. The van der Waals surface area contributed by atoms with Crippen LogP contribution >= 0.6 is 0 Å². The molecule has 0 radical (unpaired) electrons. The quantitative estimate of drug-likeness (QED) is 0.711. The van der Waals surface area contributed by atoms with Crippen molar-refractivity contribution < 1.29 is 24.2 Å². The molecule has 0 bridgehead atoms. The van der Waals surface area contributed by atoms with E-state index in [0.29, 0.717) is 18.9 Å². The third-order valence-electron chi connectivity index (χ3n) is 6.50. The Labute approximate surface area is 178 Å². The van der Waals surface area contributed by atoms with Gasteiger partial charge in [0.1, 0.15) is 23.5 Å². The van der Waals surface area contributed by atoms with Crippen molar-refractivity contribution in [1.82, 2.24) is 0 Å². The van der Waals surface area contributed by atoms with Gasteiger partial charge < -0.3 is 19.5 Å². The van der Waals surface area contributed by atoms with Gasteiger partial charge in [-0.15, -0.1) is 0 Å². The molecule has 1 amide bonds. The first kappa shape index (κ1) is 18.0. The largest absolute Gasteiger partial charge is 0.493 e. The topological polar surface area (TPSA) is 76.1 Å². The zero-order valence-corrected chi connectivity index (χ0v) is 16.6. The van der Waals surface area contributed by atoms with Gasteiger partial charge in [0.05, 0.1) is 18.7 Å². The van der Waals surface area contributed by atoms with Gasteiger partial charge in [-0.25, -0.2) is 4.79 Å². The highest BCUT2D eigenvalue weighted by atomic mass is 16.5. The highest BCUT2D eigenvalue weighted by molar-refractivity contribution is 6.11. The molecular weight excluding hydrogens is 394 g/mol. The molecular formula is C25H19NO5. The molecule has 3 aromatic carbocycles. The molecule has 3 aliphatic rings. The van der Waals surface area contributed by atoms with Crippen LogP contribution in [0.15, 0.2) is 60.7 Å². The number of carboxylic acid groups (broad SMARTS) is 1. The van der Waals surface area contributed by atoms with Crippen molar-refractivity contribution in [1.29, 1.82) is 0 Å². The third-order valence-corrected chi connectivity index (χ3v) is 6.50. The van der Waals surface area contributed by atoms with Gasteiger partial charge in [0.2, 0.25) is 5.91 Å². The number of rotatable bonds is 3. The van der Waals surface area contributed by atoms with E-state index in [1.165, 1.54) is 0 Å². The lowest BCUT2D eigenvalue weighted by Gasteiger charge is -2.23. The van der Waals surface area contributed by atoms with Crippen molar-refractivity contribution in [2.45, 2.75) is 18.4 Å². The Morgan fingerprint density at radius 1 is 1.00 bits per heavy atom. The number of para-hydroxylation sites is 1. The molecule has 1 N–H and O–H groups in total. The van der Waals surface area contributed by atoms with Crippen molar-refractivity contribution in [2.75, 3.05) is 18.1 Å². The zero-order valence-electron chi connectivity index (χ0n) is 16.6. The summed E-state index contributed by atoms with van der Waals surface area (Å²) < 4.78 is 11.7. The molecule has 0 aromatic heterocycles. The molecule has 0 saturated heterocycles. The van der Waals surface area contributed by atoms with E-state index >= 15 is 0 Å². The van der Waals surface area contributed by atoms with E-state index in [0.717, 1.165) is 40.1 Å². The Balaban J connectivity index is 1.44. The fraction of sp³-hybridized carbons (Fsp3) is 0.200. The smallest absolute Gasteiger partial charge is 0.335 e. The van der Waals surface area contributed by atoms with Crippen LogP contribution in [0.2, 0.25) is 0 Å². The molecule has 3 heterocycles. The number of hydrogen-bond donors (Lipinski definition) is 1. The van der Waals surface area contributed by atoms with Gasteiger partial charge in [-0.2, -0.15) is 0 Å². The number of fused-ring (bicyclic) bond motifs is 5. The van der Waals surface area contributed by atoms with E-state index in [9.17, 15) is 9.59 Å². The van der Waals surface area contributed by atoms with Crippen LogP contribution in [0.3, 0.4) is 0 Å². The summed E-state index contributed by atoms with van der Waals surface area (Å²) in [6.07, 6.45) is 0.828. The van der Waals surface area contributed by atoms with E-state index in [1.54, 1.807) is 29.2 Å². The highest BCUT2D eigenvalue weighted by Gasteiger charge is 2.57. The molecule has 0 aliphatic carbocycles. The predicted molar refractivity (Wildman–Crippen MR) is 113 cm³/mol. The summed E-state index contributed by atoms with van der Waals surface area (Å²) >= 11 is 0. The maximum absolute atomic E-state index is 13.9. The van der Waals surface area contributed by atoms with Crippen molar-refractivity contribution in [2.24, 2.45) is 0 Å². The minimum absolute atomic E-state index is 0.0198. The number of anilines is 1. The molecule has 0 saturated carbocycles.